The van der Waals surface area contributed by atoms with Crippen molar-refractivity contribution >= 4 is 25.2 Å². The molecule has 2 saturated carbocycles. The molecule has 1 aromatic rings. The molecular weight excluding hydrogens is 587 g/mol. The standard InChI is InChI=1S/C33H63N8O3P/c1-4-30-26-40(21-22-45(42,43-5-2)44-6-3)19-20-41(30)32-23-31(34)38-33(39-32)37-25-28-15-13-27(14-16-28)24-35-17-10-18-36-29-11-8-7-9-12-29/h23,27-30,35-36H,4-22,24-26H2,1-3H3,(H3,34,37,38,39). The summed E-state index contributed by atoms with van der Waals surface area (Å²) in [6.07, 6.45) is 14.6. The predicted octanol–water partition coefficient (Wildman–Crippen LogP) is 5.35. The molecule has 0 bridgehead atoms. The van der Waals surface area contributed by atoms with Crippen LogP contribution in [0.3, 0.4) is 0 Å². The second kappa shape index (κ2) is 19.4. The zero-order valence-corrected chi connectivity index (χ0v) is 29.4. The smallest absolute Gasteiger partial charge is 0.331 e. The summed E-state index contributed by atoms with van der Waals surface area (Å²) in [5, 5.41) is 11.0. The van der Waals surface area contributed by atoms with E-state index in [9.17, 15) is 4.57 Å². The molecule has 0 amide bonds. The maximum Gasteiger partial charge on any atom is 0.331 e. The Labute approximate surface area is 273 Å². The van der Waals surface area contributed by atoms with Gasteiger partial charge in [-0.15, -0.1) is 0 Å². The van der Waals surface area contributed by atoms with Crippen LogP contribution in [-0.4, -0.2) is 98.7 Å². The molecule has 1 aromatic heterocycles. The van der Waals surface area contributed by atoms with Gasteiger partial charge in [0.15, 0.2) is 0 Å². The highest BCUT2D eigenvalue weighted by Crippen LogP contribution is 2.47. The van der Waals surface area contributed by atoms with Crippen LogP contribution in [0.5, 0.6) is 0 Å². The van der Waals surface area contributed by atoms with Crippen LogP contribution >= 0.6 is 7.60 Å². The van der Waals surface area contributed by atoms with E-state index in [1.165, 1.54) is 64.2 Å². The summed E-state index contributed by atoms with van der Waals surface area (Å²) in [7, 11) is -3.04. The van der Waals surface area contributed by atoms with Crippen LogP contribution in [0.25, 0.3) is 0 Å². The van der Waals surface area contributed by atoms with Crippen molar-refractivity contribution in [3.05, 3.63) is 6.07 Å². The lowest BCUT2D eigenvalue weighted by molar-refractivity contribution is 0.200. The highest BCUT2D eigenvalue weighted by molar-refractivity contribution is 7.53. The van der Waals surface area contributed by atoms with Gasteiger partial charge < -0.3 is 35.6 Å². The number of aromatic nitrogens is 2. The molecule has 0 aromatic carbocycles. The summed E-state index contributed by atoms with van der Waals surface area (Å²) in [4.78, 5) is 14.2. The van der Waals surface area contributed by atoms with Gasteiger partial charge in [0.2, 0.25) is 5.95 Å². The topological polar surface area (TPSA) is 130 Å². The monoisotopic (exact) mass is 650 g/mol. The minimum atomic E-state index is -3.04. The molecule has 45 heavy (non-hydrogen) atoms. The first-order valence-corrected chi connectivity index (χ1v) is 19.8. The lowest BCUT2D eigenvalue weighted by atomic mass is 9.82. The Balaban J connectivity index is 1.15. The van der Waals surface area contributed by atoms with Crippen LogP contribution in [-0.2, 0) is 13.6 Å². The van der Waals surface area contributed by atoms with E-state index in [1.807, 2.05) is 19.9 Å². The summed E-state index contributed by atoms with van der Waals surface area (Å²) in [6, 6.07) is 2.95. The van der Waals surface area contributed by atoms with E-state index in [0.29, 0.717) is 43.6 Å². The number of nitrogens with two attached hydrogens (primary N) is 1. The maximum atomic E-state index is 13.0. The minimum Gasteiger partial charge on any atom is -0.383 e. The Kier molecular flexibility index (Phi) is 15.6. The van der Waals surface area contributed by atoms with Gasteiger partial charge in [0.05, 0.1) is 19.4 Å². The highest BCUT2D eigenvalue weighted by atomic mass is 31.2. The van der Waals surface area contributed by atoms with Crippen LogP contribution in [0.1, 0.15) is 91.4 Å². The van der Waals surface area contributed by atoms with Gasteiger partial charge in [-0.05, 0) is 96.7 Å². The molecular formula is C33H63N8O3P. The van der Waals surface area contributed by atoms with Crippen molar-refractivity contribution in [2.24, 2.45) is 11.8 Å². The number of nitrogens with one attached hydrogen (secondary N) is 3. The zero-order valence-electron chi connectivity index (χ0n) is 28.5. The maximum absolute atomic E-state index is 13.0. The summed E-state index contributed by atoms with van der Waals surface area (Å²) < 4.78 is 24.0. The van der Waals surface area contributed by atoms with Crippen LogP contribution in [0.2, 0.25) is 0 Å². The Hall–Kier alpha value is -1.49. The number of nitrogens with zero attached hydrogens (tertiary/aromatic N) is 4. The molecule has 3 fully saturated rings. The SMILES string of the molecule is CCOP(=O)(CCN1CCN(c2cc(N)nc(NCC3CCC(CNCCCNC4CCCCC4)CC3)n2)C(CC)C1)OCC. The van der Waals surface area contributed by atoms with Crippen molar-refractivity contribution in [2.75, 3.05) is 87.7 Å². The fourth-order valence-corrected chi connectivity index (χ4v) is 8.93. The van der Waals surface area contributed by atoms with Crippen molar-refractivity contribution in [3.8, 4) is 0 Å². The molecule has 5 N–H and O–H groups in total. The van der Waals surface area contributed by atoms with Crippen molar-refractivity contribution < 1.29 is 13.6 Å². The number of nitrogen functional groups attached to an aromatic ring is 1. The van der Waals surface area contributed by atoms with Crippen LogP contribution in [0.4, 0.5) is 17.6 Å². The van der Waals surface area contributed by atoms with Gasteiger partial charge >= 0.3 is 7.60 Å². The largest absolute Gasteiger partial charge is 0.383 e. The first kappa shape index (κ1) is 36.3. The molecule has 1 aliphatic heterocycles. The van der Waals surface area contributed by atoms with E-state index in [4.69, 9.17) is 19.8 Å². The first-order valence-electron chi connectivity index (χ1n) is 18.1. The Bertz CT molecular complexity index is 1010. The quantitative estimate of drug-likeness (QED) is 0.114. The fourth-order valence-electron chi connectivity index (χ4n) is 7.28. The Morgan fingerprint density at radius 2 is 1.64 bits per heavy atom. The van der Waals surface area contributed by atoms with Crippen molar-refractivity contribution in [2.45, 2.75) is 103 Å². The predicted molar refractivity (Wildman–Crippen MR) is 186 cm³/mol. The van der Waals surface area contributed by atoms with Crippen molar-refractivity contribution in [3.63, 3.8) is 0 Å². The lowest BCUT2D eigenvalue weighted by Gasteiger charge is -2.42. The summed E-state index contributed by atoms with van der Waals surface area (Å²) >= 11 is 0. The zero-order chi connectivity index (χ0) is 31.9. The normalized spacial score (nSPS) is 23.8. The third kappa shape index (κ3) is 12.2. The molecule has 1 atom stereocenters. The average molecular weight is 651 g/mol. The molecule has 1 unspecified atom stereocenters. The molecule has 2 heterocycles. The van der Waals surface area contributed by atoms with E-state index in [1.54, 1.807) is 0 Å². The van der Waals surface area contributed by atoms with Crippen LogP contribution in [0, 0.1) is 11.8 Å². The van der Waals surface area contributed by atoms with E-state index in [2.05, 4.69) is 37.7 Å². The highest BCUT2D eigenvalue weighted by Gasteiger charge is 2.30. The van der Waals surface area contributed by atoms with Gasteiger partial charge in [0.1, 0.15) is 11.6 Å². The second-order valence-corrected chi connectivity index (χ2v) is 15.5. The van der Waals surface area contributed by atoms with Crippen molar-refractivity contribution in [1.29, 1.82) is 0 Å². The van der Waals surface area contributed by atoms with Crippen molar-refractivity contribution in [1.82, 2.24) is 25.5 Å². The molecule has 0 radical (unpaired) electrons. The molecule has 0 spiro atoms. The molecule has 3 aliphatic rings. The van der Waals surface area contributed by atoms with Gasteiger partial charge in [-0.3, -0.25) is 9.46 Å². The lowest BCUT2D eigenvalue weighted by Crippen LogP contribution is -2.54. The minimum absolute atomic E-state index is 0.288. The van der Waals surface area contributed by atoms with Crippen LogP contribution in [0.15, 0.2) is 6.07 Å². The molecule has 11 nitrogen and oxygen atoms in total. The molecule has 1 saturated heterocycles. The summed E-state index contributed by atoms with van der Waals surface area (Å²) in [6.45, 7) is 14.3. The Morgan fingerprint density at radius 1 is 0.933 bits per heavy atom. The molecule has 12 heteroatoms. The number of hydrogen-bond acceptors (Lipinski definition) is 11. The number of hydrogen-bond donors (Lipinski definition) is 4. The van der Waals surface area contributed by atoms with Gasteiger partial charge in [0, 0.05) is 50.9 Å². The average Bonchev–Trinajstić information content (AvgIpc) is 3.05. The third-order valence-electron chi connectivity index (χ3n) is 9.92. The van der Waals surface area contributed by atoms with Gasteiger partial charge in [-0.1, -0.05) is 26.2 Å². The van der Waals surface area contributed by atoms with E-state index in [0.717, 1.165) is 70.0 Å². The second-order valence-electron chi connectivity index (χ2n) is 13.3. The Morgan fingerprint density at radius 3 is 2.33 bits per heavy atom. The number of piperazine rings is 1. The van der Waals surface area contributed by atoms with Gasteiger partial charge in [-0.2, -0.15) is 9.97 Å². The third-order valence-corrected chi connectivity index (χ3v) is 12.0. The van der Waals surface area contributed by atoms with E-state index >= 15 is 0 Å². The van der Waals surface area contributed by atoms with Gasteiger partial charge in [0.25, 0.3) is 0 Å². The van der Waals surface area contributed by atoms with E-state index < -0.39 is 7.60 Å². The summed E-state index contributed by atoms with van der Waals surface area (Å²) in [5.74, 6) is 3.44. The molecule has 2 aliphatic carbocycles. The number of anilines is 3. The first-order chi connectivity index (χ1) is 21.9. The number of rotatable bonds is 19. The molecule has 4 rings (SSSR count). The van der Waals surface area contributed by atoms with Gasteiger partial charge in [-0.25, -0.2) is 0 Å². The molecule has 258 valence electrons. The fraction of sp³-hybridized carbons (Fsp3) is 0.879. The van der Waals surface area contributed by atoms with Crippen LogP contribution < -0.4 is 26.6 Å². The van der Waals surface area contributed by atoms with E-state index in [-0.39, 0.29) is 6.04 Å². The summed E-state index contributed by atoms with van der Waals surface area (Å²) in [5.41, 5.74) is 6.28.